The molecule has 0 N–H and O–H groups in total. The van der Waals surface area contributed by atoms with Crippen LogP contribution in [0.4, 0.5) is 0 Å². The summed E-state index contributed by atoms with van der Waals surface area (Å²) in [5, 5.41) is 5.31. The molecule has 7 rings (SSSR count). The Balaban J connectivity index is 0.000000213. The predicted octanol–water partition coefficient (Wildman–Crippen LogP) is 4.61. The molecular weight excluding hydrogens is 682 g/mol. The summed E-state index contributed by atoms with van der Waals surface area (Å²) in [5.74, 6) is 0. The molecule has 0 aromatic heterocycles. The van der Waals surface area contributed by atoms with E-state index in [0.717, 1.165) is 0 Å². The summed E-state index contributed by atoms with van der Waals surface area (Å²) in [4.78, 5) is 0. The van der Waals surface area contributed by atoms with Gasteiger partial charge in [0.2, 0.25) is 0 Å². The molecule has 1 fully saturated rings. The van der Waals surface area contributed by atoms with Crippen LogP contribution in [0.1, 0.15) is 32.1 Å². The van der Waals surface area contributed by atoms with Crippen molar-refractivity contribution in [3.63, 3.8) is 0 Å². The van der Waals surface area contributed by atoms with Gasteiger partial charge in [0.1, 0.15) is 0 Å². The number of hydrogen-bond donors (Lipinski definition) is 0. The number of halogens is 2. The van der Waals surface area contributed by atoms with Crippen LogP contribution in [0.25, 0.3) is 43.8 Å². The van der Waals surface area contributed by atoms with E-state index in [2.05, 4.69) is 140 Å². The summed E-state index contributed by atoms with van der Waals surface area (Å²) in [6.07, 6.45) is 9.50. The molecule has 0 spiro atoms. The zero-order valence-electron chi connectivity index (χ0n) is 22.1. The second kappa shape index (κ2) is 17.3. The zero-order valence-corrected chi connectivity index (χ0v) is 27.2. The van der Waals surface area contributed by atoms with E-state index < -0.39 is 0 Å². The zero-order chi connectivity index (χ0) is 24.4. The van der Waals surface area contributed by atoms with E-state index in [1.165, 1.54) is 75.9 Å². The average Bonchev–Trinajstić information content (AvgIpc) is 3.65. The summed E-state index contributed by atoms with van der Waals surface area (Å²) in [6, 6.07) is 46.8. The Hall–Kier alpha value is -2.45. The molecule has 200 valence electrons. The van der Waals surface area contributed by atoms with Gasteiger partial charge in [-0.05, 0) is 11.1 Å². The maximum atomic E-state index is 2.39. The topological polar surface area (TPSA) is 0 Å². The fourth-order valence-electron chi connectivity index (χ4n) is 4.96. The van der Waals surface area contributed by atoms with Crippen molar-refractivity contribution >= 4 is 21.5 Å². The van der Waals surface area contributed by atoms with Crippen LogP contribution < -0.4 is 24.8 Å². The first-order valence-corrected chi connectivity index (χ1v) is 13.1. The third kappa shape index (κ3) is 8.77. The van der Waals surface area contributed by atoms with Gasteiger partial charge in [0, 0.05) is 25.8 Å². The van der Waals surface area contributed by atoms with Gasteiger partial charge in [-0.1, -0.05) is 103 Å². The molecular formula is C36H33Cl2Hf-5. The SMILES string of the molecule is [CH-]1CCCCC1.[Cl-].[Cl-].[Hf].c1ccc(-c2cccc3[cH-]ccc23)cc1.c1ccc(-c2cccc3[cH-]ccc23)cc1. The minimum atomic E-state index is 0. The quantitative estimate of drug-likeness (QED) is 0.182. The Morgan fingerprint density at radius 2 is 0.872 bits per heavy atom. The molecule has 1 aliphatic carbocycles. The first kappa shape index (κ1) is 32.8. The Morgan fingerprint density at radius 1 is 0.436 bits per heavy atom. The molecule has 6 aromatic carbocycles. The summed E-state index contributed by atoms with van der Waals surface area (Å²) in [6.45, 7) is 0. The van der Waals surface area contributed by atoms with Crippen LogP contribution >= 0.6 is 0 Å². The van der Waals surface area contributed by atoms with Gasteiger partial charge in [0.05, 0.1) is 0 Å². The minimum Gasteiger partial charge on any atom is -1.00 e. The second-order valence-corrected chi connectivity index (χ2v) is 9.33. The van der Waals surface area contributed by atoms with Crippen molar-refractivity contribution in [2.75, 3.05) is 0 Å². The van der Waals surface area contributed by atoms with Gasteiger partial charge in [0.25, 0.3) is 0 Å². The van der Waals surface area contributed by atoms with Crippen LogP contribution in [0.15, 0.2) is 133 Å². The molecule has 0 atom stereocenters. The molecule has 0 bridgehead atoms. The van der Waals surface area contributed by atoms with Crippen molar-refractivity contribution in [2.45, 2.75) is 32.1 Å². The van der Waals surface area contributed by atoms with Gasteiger partial charge < -0.3 is 31.2 Å². The number of rotatable bonds is 2. The van der Waals surface area contributed by atoms with E-state index in [1.807, 2.05) is 0 Å². The first-order valence-electron chi connectivity index (χ1n) is 13.1. The summed E-state index contributed by atoms with van der Waals surface area (Å²) < 4.78 is 0. The normalized spacial score (nSPS) is 11.9. The van der Waals surface area contributed by atoms with Crippen LogP contribution in [0, 0.1) is 6.42 Å². The maximum absolute atomic E-state index is 2.39. The molecule has 39 heavy (non-hydrogen) atoms. The molecule has 6 aromatic rings. The van der Waals surface area contributed by atoms with Crippen LogP contribution in [-0.4, -0.2) is 0 Å². The van der Waals surface area contributed by atoms with Crippen molar-refractivity contribution in [3.8, 4) is 22.3 Å². The Kier molecular flexibility index (Phi) is 14.5. The largest absolute Gasteiger partial charge is 1.00 e. The van der Waals surface area contributed by atoms with Gasteiger partial charge in [-0.3, -0.25) is 0 Å². The standard InChI is InChI=1S/2C15H11.C6H11.2ClH.Hf/c2*1-2-6-12(7-3-1)14-10-4-8-13-9-5-11-15(13)14;1-2-4-6-5-3-1;;;/h2*1-11H;1H,2-6H2;2*1H;/q3*-1;;;/p-2. The average molecular weight is 715 g/mol. The van der Waals surface area contributed by atoms with Crippen molar-refractivity contribution in [1.29, 1.82) is 0 Å². The minimum absolute atomic E-state index is 0. The van der Waals surface area contributed by atoms with Gasteiger partial charge in [-0.2, -0.15) is 37.1 Å². The Morgan fingerprint density at radius 3 is 1.23 bits per heavy atom. The van der Waals surface area contributed by atoms with Crippen molar-refractivity contribution in [1.82, 2.24) is 0 Å². The molecule has 1 aliphatic rings. The molecule has 0 saturated heterocycles. The smallest absolute Gasteiger partial charge is 0 e. The third-order valence-electron chi connectivity index (χ3n) is 6.84. The molecule has 0 aliphatic heterocycles. The Bertz CT molecular complexity index is 1360. The van der Waals surface area contributed by atoms with E-state index >= 15 is 0 Å². The summed E-state index contributed by atoms with van der Waals surface area (Å²) in [7, 11) is 0. The van der Waals surface area contributed by atoms with E-state index in [1.54, 1.807) is 0 Å². The summed E-state index contributed by atoms with van der Waals surface area (Å²) >= 11 is 0. The summed E-state index contributed by atoms with van der Waals surface area (Å²) in [5.41, 5.74) is 5.21. The molecule has 3 heteroatoms. The molecule has 1 saturated carbocycles. The monoisotopic (exact) mass is 715 g/mol. The predicted molar refractivity (Wildman–Crippen MR) is 157 cm³/mol. The van der Waals surface area contributed by atoms with Gasteiger partial charge in [0.15, 0.2) is 0 Å². The van der Waals surface area contributed by atoms with Crippen molar-refractivity contribution in [3.05, 3.63) is 140 Å². The molecule has 0 heterocycles. The fraction of sp³-hybridized carbons (Fsp3) is 0.139. The Labute approximate surface area is 264 Å². The van der Waals surface area contributed by atoms with E-state index in [4.69, 9.17) is 0 Å². The maximum Gasteiger partial charge on any atom is 0 e. The van der Waals surface area contributed by atoms with E-state index in [0.29, 0.717) is 0 Å². The number of hydrogen-bond acceptors (Lipinski definition) is 0. The van der Waals surface area contributed by atoms with Gasteiger partial charge >= 0.3 is 0 Å². The van der Waals surface area contributed by atoms with Crippen molar-refractivity contribution in [2.24, 2.45) is 0 Å². The fourth-order valence-corrected chi connectivity index (χ4v) is 4.96. The van der Waals surface area contributed by atoms with Gasteiger partial charge in [-0.15, -0.1) is 57.9 Å². The van der Waals surface area contributed by atoms with Crippen LogP contribution in [-0.2, 0) is 25.8 Å². The van der Waals surface area contributed by atoms with Crippen molar-refractivity contribution < 1.29 is 50.7 Å². The second-order valence-electron chi connectivity index (χ2n) is 9.33. The van der Waals surface area contributed by atoms with E-state index in [-0.39, 0.29) is 50.7 Å². The van der Waals surface area contributed by atoms with Crippen LogP contribution in [0.3, 0.4) is 0 Å². The number of benzene rings is 4. The van der Waals surface area contributed by atoms with Gasteiger partial charge in [-0.25, -0.2) is 0 Å². The molecule has 0 radical (unpaired) electrons. The number of fused-ring (bicyclic) bond motifs is 2. The van der Waals surface area contributed by atoms with Crippen LogP contribution in [0.5, 0.6) is 0 Å². The molecule has 0 amide bonds. The molecule has 0 nitrogen and oxygen atoms in total. The van der Waals surface area contributed by atoms with Crippen LogP contribution in [0.2, 0.25) is 0 Å². The van der Waals surface area contributed by atoms with E-state index in [9.17, 15) is 0 Å². The third-order valence-corrected chi connectivity index (χ3v) is 6.84. The molecule has 0 unspecified atom stereocenters. The first-order chi connectivity index (χ1) is 17.9.